The van der Waals surface area contributed by atoms with Crippen molar-refractivity contribution in [3.63, 3.8) is 0 Å². The molecule has 0 aliphatic carbocycles. The lowest BCUT2D eigenvalue weighted by molar-refractivity contribution is -0.130. The topological polar surface area (TPSA) is 67.4 Å². The van der Waals surface area contributed by atoms with Gasteiger partial charge in [-0.25, -0.2) is 0 Å². The van der Waals surface area contributed by atoms with Crippen molar-refractivity contribution in [2.45, 2.75) is 60.0 Å². The molecule has 2 atom stereocenters. The smallest absolute Gasteiger partial charge is 0.246 e. The van der Waals surface area contributed by atoms with E-state index < -0.39 is 0 Å². The Morgan fingerprint density at radius 2 is 1.62 bits per heavy atom. The number of hydrogen-bond donors (Lipinski definition) is 2. The van der Waals surface area contributed by atoms with Gasteiger partial charge in [0.15, 0.2) is 0 Å². The zero-order valence-electron chi connectivity index (χ0n) is 14.2. The van der Waals surface area contributed by atoms with Crippen LogP contribution in [0.25, 0.3) is 0 Å². The van der Waals surface area contributed by atoms with E-state index in [9.17, 15) is 9.59 Å². The summed E-state index contributed by atoms with van der Waals surface area (Å²) in [6.45, 7) is 15.7. The van der Waals surface area contributed by atoms with Crippen molar-refractivity contribution in [1.82, 2.24) is 10.6 Å². The predicted molar refractivity (Wildman–Crippen MR) is 84.9 cm³/mol. The summed E-state index contributed by atoms with van der Waals surface area (Å²) in [5, 5.41) is 5.71. The molecule has 0 aliphatic heterocycles. The third-order valence-electron chi connectivity index (χ3n) is 3.38. The van der Waals surface area contributed by atoms with Gasteiger partial charge in [-0.3, -0.25) is 9.59 Å². The van der Waals surface area contributed by atoms with Crippen LogP contribution in [-0.2, 0) is 14.3 Å². The summed E-state index contributed by atoms with van der Waals surface area (Å²) in [6, 6.07) is -0.156. The summed E-state index contributed by atoms with van der Waals surface area (Å²) in [7, 11) is 0. The van der Waals surface area contributed by atoms with Crippen molar-refractivity contribution in [3.8, 4) is 0 Å². The van der Waals surface area contributed by atoms with Gasteiger partial charge < -0.3 is 15.4 Å². The molecule has 0 rings (SSSR count). The summed E-state index contributed by atoms with van der Waals surface area (Å²) in [4.78, 5) is 23.4. The molecule has 122 valence electrons. The van der Waals surface area contributed by atoms with Crippen LogP contribution in [0.3, 0.4) is 0 Å². The Morgan fingerprint density at radius 3 is 2.05 bits per heavy atom. The number of amides is 2. The second-order valence-corrected chi connectivity index (χ2v) is 6.30. The van der Waals surface area contributed by atoms with E-state index in [2.05, 4.69) is 17.2 Å². The van der Waals surface area contributed by atoms with Gasteiger partial charge in [-0.2, -0.15) is 0 Å². The molecule has 21 heavy (non-hydrogen) atoms. The quantitative estimate of drug-likeness (QED) is 0.640. The Balaban J connectivity index is 3.99. The van der Waals surface area contributed by atoms with Crippen molar-refractivity contribution in [2.24, 2.45) is 5.41 Å². The molecule has 0 fully saturated rings. The van der Waals surface area contributed by atoms with E-state index in [1.807, 2.05) is 34.6 Å². The highest BCUT2D eigenvalue weighted by atomic mass is 16.5. The Bertz CT molecular complexity index is 378. The molecule has 0 aromatic heterocycles. The summed E-state index contributed by atoms with van der Waals surface area (Å²) >= 11 is 0. The zero-order chi connectivity index (χ0) is 16.6. The highest BCUT2D eigenvalue weighted by molar-refractivity contribution is 5.92. The summed E-state index contributed by atoms with van der Waals surface area (Å²) in [6.07, 6.45) is 0.788. The lowest BCUT2D eigenvalue weighted by Gasteiger charge is -2.25. The summed E-state index contributed by atoms with van der Waals surface area (Å²) in [5.74, 6) is -0.137. The van der Waals surface area contributed by atoms with Crippen LogP contribution < -0.4 is 10.6 Å². The maximum absolute atomic E-state index is 12.0. The Kier molecular flexibility index (Phi) is 8.25. The average molecular weight is 298 g/mol. The SMILES string of the molecule is C=C(C)C(=O)NC(C)COCC(C)NC(=O)C(C)(C)CC. The predicted octanol–water partition coefficient (Wildman–Crippen LogP) is 2.02. The molecule has 0 saturated carbocycles. The first-order chi connectivity index (χ1) is 9.60. The number of nitrogens with one attached hydrogen (secondary N) is 2. The van der Waals surface area contributed by atoms with Crippen LogP contribution in [0.15, 0.2) is 12.2 Å². The fraction of sp³-hybridized carbons (Fsp3) is 0.750. The normalized spacial score (nSPS) is 14.2. The molecule has 0 heterocycles. The van der Waals surface area contributed by atoms with Gasteiger partial charge in [0.25, 0.3) is 0 Å². The van der Waals surface area contributed by atoms with Gasteiger partial charge in [0.05, 0.1) is 13.2 Å². The van der Waals surface area contributed by atoms with E-state index in [4.69, 9.17) is 4.74 Å². The number of carbonyl (C=O) groups excluding carboxylic acids is 2. The molecule has 0 bridgehead atoms. The van der Waals surface area contributed by atoms with Crippen molar-refractivity contribution in [3.05, 3.63) is 12.2 Å². The highest BCUT2D eigenvalue weighted by Gasteiger charge is 2.26. The molecular weight excluding hydrogens is 268 g/mol. The second-order valence-electron chi connectivity index (χ2n) is 6.30. The van der Waals surface area contributed by atoms with E-state index in [0.717, 1.165) is 6.42 Å². The van der Waals surface area contributed by atoms with Crippen molar-refractivity contribution >= 4 is 11.8 Å². The molecule has 0 radical (unpaired) electrons. The highest BCUT2D eigenvalue weighted by Crippen LogP contribution is 2.19. The second kappa shape index (κ2) is 8.82. The minimum Gasteiger partial charge on any atom is -0.377 e. The van der Waals surface area contributed by atoms with E-state index >= 15 is 0 Å². The standard InChI is InChI=1S/C16H30N2O3/c1-8-16(6,7)15(20)18-13(5)10-21-9-12(4)17-14(19)11(2)3/h12-13H,2,8-10H2,1,3-7H3,(H,17,19)(H,18,20). The fourth-order valence-electron chi connectivity index (χ4n) is 1.43. The number of carbonyl (C=O) groups is 2. The van der Waals surface area contributed by atoms with Crippen LogP contribution in [-0.4, -0.2) is 37.1 Å². The molecule has 2 unspecified atom stereocenters. The van der Waals surface area contributed by atoms with Crippen LogP contribution in [0.5, 0.6) is 0 Å². The molecule has 0 spiro atoms. The first-order valence-corrected chi connectivity index (χ1v) is 7.45. The Labute approximate surface area is 128 Å². The lowest BCUT2D eigenvalue weighted by Crippen LogP contribution is -2.44. The molecule has 5 heteroatoms. The van der Waals surface area contributed by atoms with E-state index in [1.165, 1.54) is 0 Å². The third-order valence-corrected chi connectivity index (χ3v) is 3.38. The monoisotopic (exact) mass is 298 g/mol. The van der Waals surface area contributed by atoms with Gasteiger partial charge in [-0.05, 0) is 27.2 Å². The van der Waals surface area contributed by atoms with Crippen LogP contribution >= 0.6 is 0 Å². The minimum atomic E-state index is -0.364. The molecule has 2 amide bonds. The number of ether oxygens (including phenoxy) is 1. The van der Waals surface area contributed by atoms with Crippen LogP contribution in [0.4, 0.5) is 0 Å². The minimum absolute atomic E-state index is 0.0322. The summed E-state index contributed by atoms with van der Waals surface area (Å²) in [5.41, 5.74) is 0.112. The molecule has 0 aromatic carbocycles. The van der Waals surface area contributed by atoms with Crippen molar-refractivity contribution in [2.75, 3.05) is 13.2 Å². The Hall–Kier alpha value is -1.36. The first-order valence-electron chi connectivity index (χ1n) is 7.45. The van der Waals surface area contributed by atoms with E-state index in [1.54, 1.807) is 6.92 Å². The summed E-state index contributed by atoms with van der Waals surface area (Å²) < 4.78 is 5.53. The molecule has 5 nitrogen and oxygen atoms in total. The number of rotatable bonds is 9. The van der Waals surface area contributed by atoms with E-state index in [0.29, 0.717) is 18.8 Å². The van der Waals surface area contributed by atoms with E-state index in [-0.39, 0.29) is 29.3 Å². The third kappa shape index (κ3) is 7.85. The van der Waals surface area contributed by atoms with Gasteiger partial charge in [-0.1, -0.05) is 27.4 Å². The van der Waals surface area contributed by atoms with Gasteiger partial charge in [0.2, 0.25) is 11.8 Å². The van der Waals surface area contributed by atoms with Crippen LogP contribution in [0.1, 0.15) is 48.0 Å². The van der Waals surface area contributed by atoms with Crippen molar-refractivity contribution in [1.29, 1.82) is 0 Å². The van der Waals surface area contributed by atoms with Gasteiger partial charge >= 0.3 is 0 Å². The molecule has 2 N–H and O–H groups in total. The molecular formula is C16H30N2O3. The number of hydrogen-bond acceptors (Lipinski definition) is 3. The van der Waals surface area contributed by atoms with Crippen molar-refractivity contribution < 1.29 is 14.3 Å². The first kappa shape index (κ1) is 19.6. The average Bonchev–Trinajstić information content (AvgIpc) is 2.38. The Morgan fingerprint density at radius 1 is 1.14 bits per heavy atom. The lowest BCUT2D eigenvalue weighted by atomic mass is 9.89. The van der Waals surface area contributed by atoms with Gasteiger partial charge in [0, 0.05) is 23.1 Å². The fourth-order valence-corrected chi connectivity index (χ4v) is 1.43. The van der Waals surface area contributed by atoms with Gasteiger partial charge in [0.1, 0.15) is 0 Å². The largest absolute Gasteiger partial charge is 0.377 e. The van der Waals surface area contributed by atoms with Gasteiger partial charge in [-0.15, -0.1) is 0 Å². The maximum Gasteiger partial charge on any atom is 0.246 e. The molecule has 0 saturated heterocycles. The van der Waals surface area contributed by atoms with Crippen LogP contribution in [0, 0.1) is 5.41 Å². The maximum atomic E-state index is 12.0. The molecule has 0 aromatic rings. The zero-order valence-corrected chi connectivity index (χ0v) is 14.2. The van der Waals surface area contributed by atoms with Crippen LogP contribution in [0.2, 0.25) is 0 Å². The molecule has 0 aliphatic rings.